The highest BCUT2D eigenvalue weighted by atomic mass is 32.2. The van der Waals surface area contributed by atoms with E-state index in [0.717, 1.165) is 24.9 Å². The third-order valence-corrected chi connectivity index (χ3v) is 7.38. The quantitative estimate of drug-likeness (QED) is 0.640. The number of benzene rings is 2. The number of anilines is 2. The molecule has 32 heavy (non-hydrogen) atoms. The van der Waals surface area contributed by atoms with Gasteiger partial charge >= 0.3 is 5.97 Å². The van der Waals surface area contributed by atoms with Gasteiger partial charge in [0, 0.05) is 38.6 Å². The number of hydrogen-bond acceptors (Lipinski definition) is 6. The van der Waals surface area contributed by atoms with E-state index in [9.17, 15) is 18.0 Å². The number of rotatable bonds is 7. The van der Waals surface area contributed by atoms with Crippen molar-refractivity contribution in [3.05, 3.63) is 53.6 Å². The molecule has 8 nitrogen and oxygen atoms in total. The van der Waals surface area contributed by atoms with Crippen molar-refractivity contribution in [1.82, 2.24) is 4.31 Å². The van der Waals surface area contributed by atoms with E-state index in [1.54, 1.807) is 37.3 Å². The molecule has 1 heterocycles. The molecule has 1 N–H and O–H groups in total. The average molecular weight is 460 g/mol. The first kappa shape index (κ1) is 23.7. The fraction of sp³-hybridized carbons (Fsp3) is 0.391. The molecule has 0 bridgehead atoms. The van der Waals surface area contributed by atoms with Gasteiger partial charge in [-0.1, -0.05) is 18.6 Å². The van der Waals surface area contributed by atoms with Crippen molar-refractivity contribution in [2.24, 2.45) is 0 Å². The lowest BCUT2D eigenvalue weighted by atomic mass is 10.2. The lowest BCUT2D eigenvalue weighted by Gasteiger charge is -2.26. The highest BCUT2D eigenvalue weighted by Crippen LogP contribution is 2.26. The number of carbonyl (C=O) groups is 2. The number of esters is 1. The predicted octanol–water partition coefficient (Wildman–Crippen LogP) is 3.03. The minimum Gasteiger partial charge on any atom is -0.452 e. The van der Waals surface area contributed by atoms with E-state index in [2.05, 4.69) is 5.32 Å². The van der Waals surface area contributed by atoms with Gasteiger partial charge in [-0.3, -0.25) is 4.79 Å². The van der Waals surface area contributed by atoms with Gasteiger partial charge in [-0.25, -0.2) is 13.2 Å². The standard InChI is InChI=1S/C23H29N3O5S/c1-17-10-11-19(15-21(17)32(29,30)26-12-5-4-6-13-26)24-22(27)16-31-23(28)18-8-7-9-20(14-18)25(2)3/h7-11,14-15H,4-6,12-13,16H2,1-3H3,(H,24,27). The number of carbonyl (C=O) groups excluding carboxylic acids is 2. The summed E-state index contributed by atoms with van der Waals surface area (Å²) in [4.78, 5) is 26.6. The number of hydrogen-bond donors (Lipinski definition) is 1. The van der Waals surface area contributed by atoms with Crippen LogP contribution in [0.3, 0.4) is 0 Å². The van der Waals surface area contributed by atoms with Crippen molar-refractivity contribution in [3.8, 4) is 0 Å². The molecule has 1 fully saturated rings. The topological polar surface area (TPSA) is 96.0 Å². The van der Waals surface area contributed by atoms with E-state index in [0.29, 0.717) is 29.9 Å². The number of aryl methyl sites for hydroxylation is 1. The Kier molecular flexibility index (Phi) is 7.52. The summed E-state index contributed by atoms with van der Waals surface area (Å²) in [6, 6.07) is 11.6. The van der Waals surface area contributed by atoms with Gasteiger partial charge in [0.1, 0.15) is 0 Å². The normalized spacial score (nSPS) is 14.6. The van der Waals surface area contributed by atoms with E-state index < -0.39 is 28.5 Å². The Morgan fingerprint density at radius 3 is 2.47 bits per heavy atom. The van der Waals surface area contributed by atoms with Crippen molar-refractivity contribution in [2.75, 3.05) is 44.0 Å². The summed E-state index contributed by atoms with van der Waals surface area (Å²) >= 11 is 0. The van der Waals surface area contributed by atoms with Gasteiger partial charge in [0.25, 0.3) is 5.91 Å². The first-order chi connectivity index (χ1) is 15.2. The second kappa shape index (κ2) is 10.1. The van der Waals surface area contributed by atoms with Crippen LogP contribution in [0.15, 0.2) is 47.4 Å². The number of amides is 1. The van der Waals surface area contributed by atoms with E-state index in [1.807, 2.05) is 25.1 Å². The zero-order valence-electron chi connectivity index (χ0n) is 18.6. The zero-order valence-corrected chi connectivity index (χ0v) is 19.4. The van der Waals surface area contributed by atoms with E-state index in [1.165, 1.54) is 10.4 Å². The Balaban J connectivity index is 1.65. The maximum atomic E-state index is 13.0. The molecule has 2 aromatic carbocycles. The minimum absolute atomic E-state index is 0.176. The molecule has 1 amide bonds. The number of ether oxygens (including phenoxy) is 1. The molecule has 9 heteroatoms. The molecule has 0 atom stereocenters. The SMILES string of the molecule is Cc1ccc(NC(=O)COC(=O)c2cccc(N(C)C)c2)cc1S(=O)(=O)N1CCCCC1. The molecule has 2 aromatic rings. The summed E-state index contributed by atoms with van der Waals surface area (Å²) in [5.41, 5.74) is 2.13. The molecule has 1 aliphatic rings. The summed E-state index contributed by atoms with van der Waals surface area (Å²) in [5.74, 6) is -1.16. The molecule has 3 rings (SSSR count). The number of sulfonamides is 1. The highest BCUT2D eigenvalue weighted by molar-refractivity contribution is 7.89. The van der Waals surface area contributed by atoms with Gasteiger partial charge in [0.2, 0.25) is 10.0 Å². The van der Waals surface area contributed by atoms with Crippen LogP contribution in [0.5, 0.6) is 0 Å². The molecule has 0 aliphatic carbocycles. The Hall–Kier alpha value is -2.91. The summed E-state index contributed by atoms with van der Waals surface area (Å²) in [6.07, 6.45) is 2.72. The Morgan fingerprint density at radius 1 is 1.06 bits per heavy atom. The van der Waals surface area contributed by atoms with Crippen molar-refractivity contribution >= 4 is 33.3 Å². The van der Waals surface area contributed by atoms with Gasteiger partial charge in [-0.05, 0) is 55.7 Å². The molecular formula is C23H29N3O5S. The largest absolute Gasteiger partial charge is 0.452 e. The fourth-order valence-electron chi connectivity index (χ4n) is 3.52. The third-order valence-electron chi connectivity index (χ3n) is 5.34. The van der Waals surface area contributed by atoms with Crippen LogP contribution in [-0.2, 0) is 19.6 Å². The van der Waals surface area contributed by atoms with Crippen LogP contribution in [0.1, 0.15) is 35.2 Å². The highest BCUT2D eigenvalue weighted by Gasteiger charge is 2.27. The second-order valence-electron chi connectivity index (χ2n) is 8.01. The van der Waals surface area contributed by atoms with Crippen LogP contribution in [0.25, 0.3) is 0 Å². The van der Waals surface area contributed by atoms with Gasteiger partial charge in [0.15, 0.2) is 6.61 Å². The first-order valence-corrected chi connectivity index (χ1v) is 12.0. The Bertz CT molecular complexity index is 1090. The van der Waals surface area contributed by atoms with Crippen molar-refractivity contribution in [2.45, 2.75) is 31.1 Å². The van der Waals surface area contributed by atoms with Gasteiger partial charge in [-0.2, -0.15) is 4.31 Å². The van der Waals surface area contributed by atoms with E-state index in [4.69, 9.17) is 4.74 Å². The molecule has 1 saturated heterocycles. The van der Waals surface area contributed by atoms with Crippen molar-refractivity contribution < 1.29 is 22.7 Å². The van der Waals surface area contributed by atoms with Crippen LogP contribution in [0.2, 0.25) is 0 Å². The smallest absolute Gasteiger partial charge is 0.338 e. The summed E-state index contributed by atoms with van der Waals surface area (Å²) in [6.45, 7) is 2.26. The summed E-state index contributed by atoms with van der Waals surface area (Å²) < 4.78 is 32.7. The molecule has 0 aromatic heterocycles. The summed E-state index contributed by atoms with van der Waals surface area (Å²) in [5, 5.41) is 2.61. The number of nitrogens with zero attached hydrogens (tertiary/aromatic N) is 2. The fourth-order valence-corrected chi connectivity index (χ4v) is 5.29. The molecular weight excluding hydrogens is 430 g/mol. The predicted molar refractivity (Wildman–Crippen MR) is 123 cm³/mol. The van der Waals surface area contributed by atoms with Crippen molar-refractivity contribution in [1.29, 1.82) is 0 Å². The Morgan fingerprint density at radius 2 is 1.78 bits per heavy atom. The van der Waals surface area contributed by atoms with Crippen LogP contribution in [0, 0.1) is 6.92 Å². The zero-order chi connectivity index (χ0) is 23.3. The molecule has 0 unspecified atom stereocenters. The first-order valence-electron chi connectivity index (χ1n) is 10.5. The van der Waals surface area contributed by atoms with Gasteiger partial charge < -0.3 is 15.0 Å². The van der Waals surface area contributed by atoms with Gasteiger partial charge in [0.05, 0.1) is 10.5 Å². The molecule has 1 aliphatic heterocycles. The lowest BCUT2D eigenvalue weighted by Crippen LogP contribution is -2.36. The molecule has 0 radical (unpaired) electrons. The monoisotopic (exact) mass is 459 g/mol. The van der Waals surface area contributed by atoms with Crippen molar-refractivity contribution in [3.63, 3.8) is 0 Å². The second-order valence-corrected chi connectivity index (χ2v) is 9.92. The van der Waals surface area contributed by atoms with E-state index >= 15 is 0 Å². The maximum absolute atomic E-state index is 13.0. The molecule has 0 spiro atoms. The minimum atomic E-state index is -3.63. The molecule has 172 valence electrons. The van der Waals surface area contributed by atoms with Crippen LogP contribution in [-0.4, -0.2) is 58.4 Å². The number of piperidine rings is 1. The van der Waals surface area contributed by atoms with Crippen LogP contribution < -0.4 is 10.2 Å². The molecule has 0 saturated carbocycles. The number of nitrogens with one attached hydrogen (secondary N) is 1. The summed E-state index contributed by atoms with van der Waals surface area (Å²) in [7, 11) is 0.0894. The van der Waals surface area contributed by atoms with Gasteiger partial charge in [-0.15, -0.1) is 0 Å². The average Bonchev–Trinajstić information content (AvgIpc) is 2.79. The third kappa shape index (κ3) is 5.66. The Labute approximate surface area is 189 Å². The lowest BCUT2D eigenvalue weighted by molar-refractivity contribution is -0.119. The van der Waals surface area contributed by atoms with Crippen LogP contribution in [0.4, 0.5) is 11.4 Å². The maximum Gasteiger partial charge on any atom is 0.338 e. The van der Waals surface area contributed by atoms with E-state index in [-0.39, 0.29) is 4.90 Å². The van der Waals surface area contributed by atoms with Crippen LogP contribution >= 0.6 is 0 Å².